The number of hydrogen-bond donors (Lipinski definition) is 1. The zero-order valence-corrected chi connectivity index (χ0v) is 6.68. The topological polar surface area (TPSA) is 15.3 Å². The van der Waals surface area contributed by atoms with Crippen molar-refractivity contribution in [2.75, 3.05) is 20.1 Å². The van der Waals surface area contributed by atoms with Crippen LogP contribution in [0.4, 0.5) is 4.39 Å². The third kappa shape index (κ3) is 1.85. The van der Waals surface area contributed by atoms with E-state index in [-0.39, 0.29) is 0 Å². The molecule has 1 aliphatic rings. The standard InChI is InChI=1S/C5H12FN2P/c1-7-8-3-2-5(6,9)4-8/h7H,2-4,9H2,1H3. The van der Waals surface area contributed by atoms with Gasteiger partial charge in [0.1, 0.15) is 5.41 Å². The average molecular weight is 150 g/mol. The average Bonchev–Trinajstić information content (AvgIpc) is 2.10. The molecule has 4 heteroatoms. The summed E-state index contributed by atoms with van der Waals surface area (Å²) < 4.78 is 12.9. The van der Waals surface area contributed by atoms with Gasteiger partial charge in [-0.15, -0.1) is 0 Å². The van der Waals surface area contributed by atoms with Crippen LogP contribution in [0.25, 0.3) is 0 Å². The first-order chi connectivity index (χ1) is 4.14. The summed E-state index contributed by atoms with van der Waals surface area (Å²) in [5.41, 5.74) is 2.90. The van der Waals surface area contributed by atoms with Crippen molar-refractivity contribution in [1.29, 1.82) is 0 Å². The van der Waals surface area contributed by atoms with Gasteiger partial charge in [-0.05, 0) is 7.05 Å². The van der Waals surface area contributed by atoms with E-state index in [1.54, 1.807) is 0 Å². The van der Waals surface area contributed by atoms with Gasteiger partial charge in [-0.25, -0.2) is 9.40 Å². The molecule has 0 radical (unpaired) electrons. The van der Waals surface area contributed by atoms with E-state index in [9.17, 15) is 4.39 Å². The van der Waals surface area contributed by atoms with Crippen molar-refractivity contribution in [1.82, 2.24) is 10.4 Å². The fourth-order valence-corrected chi connectivity index (χ4v) is 1.34. The second-order valence-corrected chi connectivity index (χ2v) is 3.46. The summed E-state index contributed by atoms with van der Waals surface area (Å²) in [6.07, 6.45) is 0.610. The van der Waals surface area contributed by atoms with E-state index in [1.165, 1.54) is 0 Å². The van der Waals surface area contributed by atoms with Crippen LogP contribution >= 0.6 is 9.24 Å². The summed E-state index contributed by atoms with van der Waals surface area (Å²) in [6.45, 7) is 1.28. The van der Waals surface area contributed by atoms with E-state index >= 15 is 0 Å². The lowest BCUT2D eigenvalue weighted by Crippen LogP contribution is -2.34. The van der Waals surface area contributed by atoms with E-state index in [1.807, 2.05) is 12.1 Å². The number of alkyl halides is 1. The van der Waals surface area contributed by atoms with Crippen molar-refractivity contribution in [2.45, 2.75) is 11.8 Å². The minimum atomic E-state index is -1.05. The maximum atomic E-state index is 12.9. The van der Waals surface area contributed by atoms with Crippen molar-refractivity contribution in [3.05, 3.63) is 0 Å². The van der Waals surface area contributed by atoms with Gasteiger partial charge in [0, 0.05) is 13.0 Å². The Balaban J connectivity index is 2.38. The van der Waals surface area contributed by atoms with Gasteiger partial charge in [0.2, 0.25) is 0 Å². The van der Waals surface area contributed by atoms with Crippen molar-refractivity contribution in [2.24, 2.45) is 0 Å². The number of hydrogen-bond acceptors (Lipinski definition) is 2. The SMILES string of the molecule is CNN1CCC(F)(P)C1. The fraction of sp³-hybridized carbons (Fsp3) is 1.00. The van der Waals surface area contributed by atoms with Crippen LogP contribution in [0.5, 0.6) is 0 Å². The molecule has 1 heterocycles. The Kier molecular flexibility index (Phi) is 2.04. The Morgan fingerprint density at radius 2 is 2.44 bits per heavy atom. The maximum absolute atomic E-state index is 12.9. The summed E-state index contributed by atoms with van der Waals surface area (Å²) in [5, 5.41) is 0.815. The predicted molar refractivity (Wildman–Crippen MR) is 38.8 cm³/mol. The molecule has 9 heavy (non-hydrogen) atoms. The molecular weight excluding hydrogens is 138 g/mol. The number of hydrazine groups is 1. The van der Waals surface area contributed by atoms with Crippen LogP contribution in [0.2, 0.25) is 0 Å². The summed E-state index contributed by atoms with van der Waals surface area (Å²) in [6, 6.07) is 0. The van der Waals surface area contributed by atoms with Gasteiger partial charge in [0.25, 0.3) is 0 Å². The Morgan fingerprint density at radius 1 is 1.78 bits per heavy atom. The Hall–Kier alpha value is 0.280. The van der Waals surface area contributed by atoms with Crippen molar-refractivity contribution >= 4 is 9.24 Å². The van der Waals surface area contributed by atoms with E-state index < -0.39 is 5.41 Å². The highest BCUT2D eigenvalue weighted by molar-refractivity contribution is 7.18. The van der Waals surface area contributed by atoms with Gasteiger partial charge in [-0.2, -0.15) is 0 Å². The predicted octanol–water partition coefficient (Wildman–Crippen LogP) is 0.367. The van der Waals surface area contributed by atoms with E-state index in [4.69, 9.17) is 0 Å². The van der Waals surface area contributed by atoms with Crippen LogP contribution < -0.4 is 5.43 Å². The van der Waals surface area contributed by atoms with Crippen molar-refractivity contribution in [3.8, 4) is 0 Å². The quantitative estimate of drug-likeness (QED) is 0.543. The molecule has 0 bridgehead atoms. The molecule has 1 N–H and O–H groups in total. The minimum absolute atomic E-state index is 0.480. The largest absolute Gasteiger partial charge is 0.258 e. The molecule has 0 aromatic rings. The normalized spacial score (nSPS) is 37.7. The lowest BCUT2D eigenvalue weighted by molar-refractivity contribution is 0.219. The van der Waals surface area contributed by atoms with Crippen LogP contribution in [0, 0.1) is 0 Å². The first-order valence-corrected chi connectivity index (χ1v) is 3.62. The molecule has 2 nitrogen and oxygen atoms in total. The first-order valence-electron chi connectivity index (χ1n) is 3.04. The summed E-state index contributed by atoms with van der Waals surface area (Å²) in [5.74, 6) is 0. The third-order valence-corrected chi connectivity index (χ3v) is 2.04. The van der Waals surface area contributed by atoms with E-state index in [2.05, 4.69) is 14.7 Å². The molecule has 1 aliphatic heterocycles. The summed E-state index contributed by atoms with van der Waals surface area (Å²) in [4.78, 5) is 0. The monoisotopic (exact) mass is 150 g/mol. The lowest BCUT2D eigenvalue weighted by atomic mass is 10.3. The van der Waals surface area contributed by atoms with Crippen LogP contribution in [0.3, 0.4) is 0 Å². The van der Waals surface area contributed by atoms with Gasteiger partial charge in [-0.1, -0.05) is 9.24 Å². The maximum Gasteiger partial charge on any atom is 0.139 e. The van der Waals surface area contributed by atoms with Crippen LogP contribution in [-0.4, -0.2) is 30.6 Å². The Labute approximate surface area is 57.0 Å². The minimum Gasteiger partial charge on any atom is -0.258 e. The summed E-state index contributed by atoms with van der Waals surface area (Å²) in [7, 11) is 4.05. The molecule has 2 unspecified atom stereocenters. The number of rotatable bonds is 1. The zero-order chi connectivity index (χ0) is 6.91. The lowest BCUT2D eigenvalue weighted by Gasteiger charge is -2.14. The fourth-order valence-electron chi connectivity index (χ4n) is 0.987. The van der Waals surface area contributed by atoms with Gasteiger partial charge >= 0.3 is 0 Å². The molecule has 0 aliphatic carbocycles. The smallest absolute Gasteiger partial charge is 0.139 e. The van der Waals surface area contributed by atoms with Crippen LogP contribution in [0.15, 0.2) is 0 Å². The summed E-state index contributed by atoms with van der Waals surface area (Å²) >= 11 is 0. The molecule has 1 saturated heterocycles. The second-order valence-electron chi connectivity index (χ2n) is 2.43. The van der Waals surface area contributed by atoms with E-state index in [0.717, 1.165) is 6.54 Å². The molecule has 54 valence electrons. The van der Waals surface area contributed by atoms with E-state index in [0.29, 0.717) is 13.0 Å². The van der Waals surface area contributed by atoms with Gasteiger partial charge < -0.3 is 0 Å². The Bertz CT molecular complexity index is 107. The highest BCUT2D eigenvalue weighted by atomic mass is 31.0. The number of halogens is 1. The van der Waals surface area contributed by atoms with Crippen LogP contribution in [0.1, 0.15) is 6.42 Å². The van der Waals surface area contributed by atoms with Gasteiger partial charge in [0.15, 0.2) is 0 Å². The zero-order valence-electron chi connectivity index (χ0n) is 5.52. The molecule has 0 amide bonds. The molecular formula is C5H12FN2P. The molecule has 2 atom stereocenters. The molecule has 1 fully saturated rings. The van der Waals surface area contributed by atoms with Crippen molar-refractivity contribution < 1.29 is 4.39 Å². The molecule has 0 aromatic carbocycles. The van der Waals surface area contributed by atoms with Gasteiger partial charge in [0.05, 0.1) is 6.54 Å². The second kappa shape index (κ2) is 2.49. The molecule has 0 spiro atoms. The Morgan fingerprint density at radius 3 is 2.67 bits per heavy atom. The number of nitrogens with zero attached hydrogens (tertiary/aromatic N) is 1. The number of nitrogens with one attached hydrogen (secondary N) is 1. The third-order valence-electron chi connectivity index (χ3n) is 1.57. The van der Waals surface area contributed by atoms with Crippen molar-refractivity contribution in [3.63, 3.8) is 0 Å². The molecule has 0 aromatic heterocycles. The highest BCUT2D eigenvalue weighted by Crippen LogP contribution is 2.30. The first kappa shape index (κ1) is 7.39. The van der Waals surface area contributed by atoms with Gasteiger partial charge in [-0.3, -0.25) is 5.43 Å². The molecule has 1 rings (SSSR count). The molecule has 0 saturated carbocycles. The van der Waals surface area contributed by atoms with Crippen LogP contribution in [-0.2, 0) is 0 Å². The highest BCUT2D eigenvalue weighted by Gasteiger charge is 2.32.